The zero-order valence-electron chi connectivity index (χ0n) is 9.12. The van der Waals surface area contributed by atoms with E-state index in [0.717, 1.165) is 0 Å². The molecule has 0 heterocycles. The van der Waals surface area contributed by atoms with Gasteiger partial charge in [0, 0.05) is 23.1 Å². The van der Waals surface area contributed by atoms with Crippen molar-refractivity contribution >= 4 is 23.5 Å². The number of carbonyl (C=O) groups is 2. The van der Waals surface area contributed by atoms with E-state index in [1.54, 1.807) is 0 Å². The van der Waals surface area contributed by atoms with Crippen LogP contribution in [0.2, 0.25) is 0 Å². The molecular formula is C10H17O3S-. The third kappa shape index (κ3) is 6.95. The summed E-state index contributed by atoms with van der Waals surface area (Å²) in [4.78, 5) is 21.7. The second-order valence-corrected chi connectivity index (χ2v) is 6.17. The Morgan fingerprint density at radius 2 is 1.86 bits per heavy atom. The molecule has 82 valence electrons. The SMILES string of the molecule is CC(CC(=O)CSC(C)(C)C)C(=O)[O-]. The molecule has 0 aliphatic carbocycles. The Bertz CT molecular complexity index is 218. The number of rotatable bonds is 5. The van der Waals surface area contributed by atoms with Gasteiger partial charge in [0.15, 0.2) is 0 Å². The Morgan fingerprint density at radius 3 is 2.21 bits per heavy atom. The summed E-state index contributed by atoms with van der Waals surface area (Å²) in [6, 6.07) is 0. The van der Waals surface area contributed by atoms with Crippen LogP contribution in [0.4, 0.5) is 0 Å². The highest BCUT2D eigenvalue weighted by Crippen LogP contribution is 2.23. The van der Waals surface area contributed by atoms with Crippen LogP contribution in [0, 0.1) is 5.92 Å². The number of hydrogen-bond donors (Lipinski definition) is 0. The first-order valence-corrected chi connectivity index (χ1v) is 5.57. The van der Waals surface area contributed by atoms with Crippen LogP contribution >= 0.6 is 11.8 Å². The fraction of sp³-hybridized carbons (Fsp3) is 0.800. The molecule has 0 bridgehead atoms. The van der Waals surface area contributed by atoms with Crippen molar-refractivity contribution in [2.45, 2.75) is 38.9 Å². The van der Waals surface area contributed by atoms with Gasteiger partial charge in [0.25, 0.3) is 0 Å². The van der Waals surface area contributed by atoms with Crippen molar-refractivity contribution in [1.82, 2.24) is 0 Å². The van der Waals surface area contributed by atoms with Crippen LogP contribution in [0.15, 0.2) is 0 Å². The average molecular weight is 217 g/mol. The van der Waals surface area contributed by atoms with Gasteiger partial charge < -0.3 is 9.90 Å². The van der Waals surface area contributed by atoms with Gasteiger partial charge in [-0.1, -0.05) is 27.7 Å². The van der Waals surface area contributed by atoms with Crippen LogP contribution in [0.25, 0.3) is 0 Å². The number of carboxylic acids is 1. The molecule has 0 N–H and O–H groups in total. The molecule has 1 unspecified atom stereocenters. The molecule has 0 aliphatic heterocycles. The lowest BCUT2D eigenvalue weighted by Crippen LogP contribution is -2.31. The molecule has 14 heavy (non-hydrogen) atoms. The molecule has 0 radical (unpaired) electrons. The predicted octanol–water partition coefficient (Wildman–Crippen LogP) is 0.863. The normalized spacial score (nSPS) is 13.7. The monoisotopic (exact) mass is 217 g/mol. The molecule has 0 aliphatic rings. The average Bonchev–Trinajstić information content (AvgIpc) is 1.99. The summed E-state index contributed by atoms with van der Waals surface area (Å²) in [7, 11) is 0. The topological polar surface area (TPSA) is 57.2 Å². The Hall–Kier alpha value is -0.510. The molecule has 0 fully saturated rings. The zero-order valence-corrected chi connectivity index (χ0v) is 9.94. The predicted molar refractivity (Wildman–Crippen MR) is 56.0 cm³/mol. The molecule has 4 heteroatoms. The Kier molecular flexibility index (Phi) is 5.19. The number of carbonyl (C=O) groups excluding carboxylic acids is 2. The maximum absolute atomic E-state index is 11.3. The van der Waals surface area contributed by atoms with Crippen molar-refractivity contribution in [3.8, 4) is 0 Å². The number of thioether (sulfide) groups is 1. The van der Waals surface area contributed by atoms with E-state index in [2.05, 4.69) is 0 Å². The van der Waals surface area contributed by atoms with E-state index in [-0.39, 0.29) is 17.0 Å². The molecular weight excluding hydrogens is 200 g/mol. The summed E-state index contributed by atoms with van der Waals surface area (Å²) in [5.41, 5.74) is 0. The summed E-state index contributed by atoms with van der Waals surface area (Å²) in [5, 5.41) is 10.4. The minimum absolute atomic E-state index is 0.0263. The van der Waals surface area contributed by atoms with Crippen LogP contribution in [0.3, 0.4) is 0 Å². The minimum Gasteiger partial charge on any atom is -0.550 e. The van der Waals surface area contributed by atoms with E-state index in [1.807, 2.05) is 20.8 Å². The maximum Gasteiger partial charge on any atom is 0.143 e. The minimum atomic E-state index is -1.15. The summed E-state index contributed by atoms with van der Waals surface area (Å²) < 4.78 is 0.0420. The Balaban J connectivity index is 3.83. The summed E-state index contributed by atoms with van der Waals surface area (Å²) in [5.74, 6) is -1.48. The molecule has 1 atom stereocenters. The van der Waals surface area contributed by atoms with Gasteiger partial charge in [-0.3, -0.25) is 4.79 Å². The van der Waals surface area contributed by atoms with E-state index in [9.17, 15) is 14.7 Å². The maximum atomic E-state index is 11.3. The number of hydrogen-bond acceptors (Lipinski definition) is 4. The first-order valence-electron chi connectivity index (χ1n) is 4.59. The first kappa shape index (κ1) is 13.5. The summed E-state index contributed by atoms with van der Waals surface area (Å²) in [6.07, 6.45) is 0.0748. The fourth-order valence-corrected chi connectivity index (χ4v) is 1.49. The summed E-state index contributed by atoms with van der Waals surface area (Å²) in [6.45, 7) is 7.56. The lowest BCUT2D eigenvalue weighted by atomic mass is 10.1. The molecule has 0 amide bonds. The Labute approximate surface area is 89.3 Å². The number of Topliss-reactive ketones (excluding diaryl/α,β-unsaturated/α-hetero) is 1. The second-order valence-electron chi connectivity index (χ2n) is 4.36. The van der Waals surface area contributed by atoms with Crippen molar-refractivity contribution in [3.63, 3.8) is 0 Å². The number of carboxylic acid groups (broad SMARTS) is 1. The molecule has 0 aromatic rings. The van der Waals surface area contributed by atoms with Crippen molar-refractivity contribution < 1.29 is 14.7 Å². The van der Waals surface area contributed by atoms with Crippen molar-refractivity contribution in [2.75, 3.05) is 5.75 Å². The summed E-state index contributed by atoms with van der Waals surface area (Å²) >= 11 is 1.53. The van der Waals surface area contributed by atoms with Gasteiger partial charge in [-0.25, -0.2) is 0 Å². The highest BCUT2D eigenvalue weighted by Gasteiger charge is 2.15. The number of aliphatic carboxylic acids is 1. The highest BCUT2D eigenvalue weighted by molar-refractivity contribution is 8.01. The molecule has 0 spiro atoms. The molecule has 3 nitrogen and oxygen atoms in total. The van der Waals surface area contributed by atoms with E-state index in [4.69, 9.17) is 0 Å². The van der Waals surface area contributed by atoms with Crippen molar-refractivity contribution in [1.29, 1.82) is 0 Å². The first-order chi connectivity index (χ1) is 6.22. The van der Waals surface area contributed by atoms with Gasteiger partial charge in [0.2, 0.25) is 0 Å². The van der Waals surface area contributed by atoms with Gasteiger partial charge in [-0.05, 0) is 0 Å². The lowest BCUT2D eigenvalue weighted by Gasteiger charge is -2.17. The van der Waals surface area contributed by atoms with E-state index in [1.165, 1.54) is 18.7 Å². The third-order valence-electron chi connectivity index (χ3n) is 1.60. The van der Waals surface area contributed by atoms with Crippen LogP contribution in [-0.4, -0.2) is 22.3 Å². The van der Waals surface area contributed by atoms with Gasteiger partial charge in [0.1, 0.15) is 5.78 Å². The lowest BCUT2D eigenvalue weighted by molar-refractivity contribution is -0.310. The van der Waals surface area contributed by atoms with Gasteiger partial charge in [-0.2, -0.15) is 0 Å². The zero-order chi connectivity index (χ0) is 11.4. The van der Waals surface area contributed by atoms with Crippen LogP contribution in [0.1, 0.15) is 34.1 Å². The smallest absolute Gasteiger partial charge is 0.143 e. The Morgan fingerprint density at radius 1 is 1.36 bits per heavy atom. The van der Waals surface area contributed by atoms with Gasteiger partial charge in [-0.15, -0.1) is 11.8 Å². The van der Waals surface area contributed by atoms with Crippen LogP contribution in [0.5, 0.6) is 0 Å². The van der Waals surface area contributed by atoms with Gasteiger partial charge in [0.05, 0.1) is 5.75 Å². The molecule has 0 aromatic carbocycles. The fourth-order valence-electron chi connectivity index (χ4n) is 0.781. The van der Waals surface area contributed by atoms with Crippen molar-refractivity contribution in [2.24, 2.45) is 5.92 Å². The largest absolute Gasteiger partial charge is 0.550 e. The quantitative estimate of drug-likeness (QED) is 0.685. The van der Waals surface area contributed by atoms with Crippen LogP contribution < -0.4 is 5.11 Å². The highest BCUT2D eigenvalue weighted by atomic mass is 32.2. The van der Waals surface area contributed by atoms with Crippen LogP contribution in [-0.2, 0) is 9.59 Å². The molecule has 0 rings (SSSR count). The van der Waals surface area contributed by atoms with E-state index >= 15 is 0 Å². The standard InChI is InChI=1S/C10H18O3S/c1-7(9(12)13)5-8(11)6-14-10(2,3)4/h7H,5-6H2,1-4H3,(H,12,13)/p-1. The molecule has 0 saturated heterocycles. The van der Waals surface area contributed by atoms with E-state index in [0.29, 0.717) is 5.75 Å². The number of ketones is 1. The van der Waals surface area contributed by atoms with Gasteiger partial charge >= 0.3 is 0 Å². The molecule has 0 aromatic heterocycles. The molecule has 0 saturated carbocycles. The van der Waals surface area contributed by atoms with E-state index < -0.39 is 11.9 Å². The third-order valence-corrected chi connectivity index (χ3v) is 2.93. The van der Waals surface area contributed by atoms with Crippen molar-refractivity contribution in [3.05, 3.63) is 0 Å². The second kappa shape index (κ2) is 5.39.